The van der Waals surface area contributed by atoms with Gasteiger partial charge < -0.3 is 9.84 Å². The number of carbonyl (C=O) groups is 1. The second kappa shape index (κ2) is 6.57. The molecule has 6 heteroatoms. The number of amides is 1. The first-order valence-electron chi connectivity index (χ1n) is 8.05. The number of anilines is 1. The lowest BCUT2D eigenvalue weighted by molar-refractivity contribution is 0.0635. The molecule has 0 spiro atoms. The van der Waals surface area contributed by atoms with E-state index < -0.39 is 11.7 Å². The maximum atomic E-state index is 12.3. The molecule has 0 aliphatic carbocycles. The molecule has 1 heterocycles. The minimum atomic E-state index is -0.603. The molecular weight excluding hydrogens is 318 g/mol. The van der Waals surface area contributed by atoms with Crippen molar-refractivity contribution in [3.8, 4) is 5.69 Å². The number of aliphatic hydroxyl groups is 1. The number of nitrogens with one attached hydrogen (secondary N) is 1. The van der Waals surface area contributed by atoms with Gasteiger partial charge in [0.2, 0.25) is 0 Å². The highest BCUT2D eigenvalue weighted by molar-refractivity contribution is 5.98. The van der Waals surface area contributed by atoms with Gasteiger partial charge in [0.05, 0.1) is 17.8 Å². The molecule has 1 amide bonds. The van der Waals surface area contributed by atoms with Crippen LogP contribution in [0.3, 0.4) is 0 Å². The van der Waals surface area contributed by atoms with Gasteiger partial charge in [-0.1, -0.05) is 24.3 Å². The van der Waals surface area contributed by atoms with E-state index >= 15 is 0 Å². The van der Waals surface area contributed by atoms with Gasteiger partial charge in [-0.3, -0.25) is 5.32 Å². The lowest BCUT2D eigenvalue weighted by atomic mass is 10.1. The van der Waals surface area contributed by atoms with Crippen LogP contribution in [-0.4, -0.2) is 26.6 Å². The third-order valence-corrected chi connectivity index (χ3v) is 3.54. The van der Waals surface area contributed by atoms with Crippen LogP contribution in [0, 0.1) is 0 Å². The molecule has 25 heavy (non-hydrogen) atoms. The fraction of sp³-hybridized carbons (Fsp3) is 0.263. The van der Waals surface area contributed by atoms with Crippen molar-refractivity contribution in [1.29, 1.82) is 0 Å². The summed E-state index contributed by atoms with van der Waals surface area (Å²) >= 11 is 0. The van der Waals surface area contributed by atoms with Crippen LogP contribution >= 0.6 is 0 Å². The van der Waals surface area contributed by atoms with E-state index in [0.717, 1.165) is 16.6 Å². The number of hydrogen-bond donors (Lipinski definition) is 2. The Morgan fingerprint density at radius 2 is 1.92 bits per heavy atom. The predicted octanol–water partition coefficient (Wildman–Crippen LogP) is 3.86. The van der Waals surface area contributed by atoms with E-state index in [4.69, 9.17) is 4.74 Å². The Morgan fingerprint density at radius 1 is 1.20 bits per heavy atom. The third kappa shape index (κ3) is 3.80. The van der Waals surface area contributed by atoms with Crippen molar-refractivity contribution in [2.75, 3.05) is 5.32 Å². The SMILES string of the molecule is CC(C)(C)OC(=O)Nc1c2cc(CO)ccc2nn1-c1ccccc1. The summed E-state index contributed by atoms with van der Waals surface area (Å²) < 4.78 is 7.03. The van der Waals surface area contributed by atoms with Gasteiger partial charge in [-0.2, -0.15) is 5.10 Å². The van der Waals surface area contributed by atoms with Crippen LogP contribution in [0.5, 0.6) is 0 Å². The fourth-order valence-electron chi connectivity index (χ4n) is 2.51. The average molecular weight is 339 g/mol. The summed E-state index contributed by atoms with van der Waals surface area (Å²) in [6.07, 6.45) is -0.555. The molecule has 0 saturated carbocycles. The summed E-state index contributed by atoms with van der Waals surface area (Å²) in [7, 11) is 0. The van der Waals surface area contributed by atoms with Crippen molar-refractivity contribution >= 4 is 22.8 Å². The maximum absolute atomic E-state index is 12.3. The molecule has 0 atom stereocenters. The highest BCUT2D eigenvalue weighted by Crippen LogP contribution is 2.28. The van der Waals surface area contributed by atoms with E-state index in [1.54, 1.807) is 4.68 Å². The monoisotopic (exact) mass is 339 g/mol. The molecule has 3 rings (SSSR count). The van der Waals surface area contributed by atoms with Crippen LogP contribution in [-0.2, 0) is 11.3 Å². The van der Waals surface area contributed by atoms with Crippen LogP contribution in [0.1, 0.15) is 26.3 Å². The van der Waals surface area contributed by atoms with Crippen molar-refractivity contribution in [3.05, 3.63) is 54.1 Å². The van der Waals surface area contributed by atoms with Gasteiger partial charge in [0, 0.05) is 5.39 Å². The normalized spacial score (nSPS) is 11.5. The minimum Gasteiger partial charge on any atom is -0.444 e. The molecule has 0 bridgehead atoms. The quantitative estimate of drug-likeness (QED) is 0.759. The van der Waals surface area contributed by atoms with E-state index in [0.29, 0.717) is 11.3 Å². The molecule has 0 saturated heterocycles. The molecule has 3 aromatic rings. The lowest BCUT2D eigenvalue weighted by Gasteiger charge is -2.20. The Balaban J connectivity index is 2.10. The van der Waals surface area contributed by atoms with Gasteiger partial charge in [-0.15, -0.1) is 0 Å². The van der Waals surface area contributed by atoms with Crippen molar-refractivity contribution in [1.82, 2.24) is 9.78 Å². The standard InChI is InChI=1S/C19H21N3O3/c1-19(2,3)25-18(24)20-17-15-11-13(12-23)9-10-16(15)21-22(17)14-7-5-4-6-8-14/h4-11,23H,12H2,1-3H3,(H,20,24). The van der Waals surface area contributed by atoms with E-state index in [9.17, 15) is 9.90 Å². The summed E-state index contributed by atoms with van der Waals surface area (Å²) in [6.45, 7) is 5.34. The molecule has 0 fully saturated rings. The molecule has 130 valence electrons. The van der Waals surface area contributed by atoms with Gasteiger partial charge in [0.1, 0.15) is 11.4 Å². The van der Waals surface area contributed by atoms with Crippen LogP contribution in [0.15, 0.2) is 48.5 Å². The van der Waals surface area contributed by atoms with Crippen molar-refractivity contribution in [2.24, 2.45) is 0 Å². The van der Waals surface area contributed by atoms with E-state index in [-0.39, 0.29) is 6.61 Å². The van der Waals surface area contributed by atoms with Crippen LogP contribution in [0.2, 0.25) is 0 Å². The summed E-state index contributed by atoms with van der Waals surface area (Å²) in [5.41, 5.74) is 1.67. The zero-order valence-electron chi connectivity index (χ0n) is 14.5. The number of rotatable bonds is 3. The lowest BCUT2D eigenvalue weighted by Crippen LogP contribution is -2.28. The van der Waals surface area contributed by atoms with Crippen molar-refractivity contribution in [2.45, 2.75) is 33.0 Å². The summed E-state index contributed by atoms with van der Waals surface area (Å²) in [6, 6.07) is 15.0. The van der Waals surface area contributed by atoms with Gasteiger partial charge in [-0.05, 0) is 50.6 Å². The largest absolute Gasteiger partial charge is 0.444 e. The molecule has 0 aliphatic rings. The molecule has 1 aromatic heterocycles. The minimum absolute atomic E-state index is 0.0850. The highest BCUT2D eigenvalue weighted by atomic mass is 16.6. The van der Waals surface area contributed by atoms with Crippen LogP contribution in [0.4, 0.5) is 10.6 Å². The number of para-hydroxylation sites is 1. The first-order valence-corrected chi connectivity index (χ1v) is 8.05. The molecule has 0 radical (unpaired) electrons. The first-order chi connectivity index (χ1) is 11.9. The zero-order valence-corrected chi connectivity index (χ0v) is 14.5. The number of carbonyl (C=O) groups excluding carboxylic acids is 1. The number of aliphatic hydroxyl groups excluding tert-OH is 1. The number of hydrogen-bond acceptors (Lipinski definition) is 4. The fourth-order valence-corrected chi connectivity index (χ4v) is 2.51. The van der Waals surface area contributed by atoms with E-state index in [2.05, 4.69) is 10.4 Å². The Hall–Kier alpha value is -2.86. The molecule has 6 nitrogen and oxygen atoms in total. The van der Waals surface area contributed by atoms with Crippen molar-refractivity contribution in [3.63, 3.8) is 0 Å². The highest BCUT2D eigenvalue weighted by Gasteiger charge is 2.20. The van der Waals surface area contributed by atoms with Gasteiger partial charge in [0.25, 0.3) is 0 Å². The molecule has 2 N–H and O–H groups in total. The first kappa shape index (κ1) is 17.0. The number of benzene rings is 2. The second-order valence-corrected chi connectivity index (χ2v) is 6.73. The summed E-state index contributed by atoms with van der Waals surface area (Å²) in [5.74, 6) is 0.505. The maximum Gasteiger partial charge on any atom is 0.413 e. The summed E-state index contributed by atoms with van der Waals surface area (Å²) in [4.78, 5) is 12.3. The molecular formula is C19H21N3O3. The number of aromatic nitrogens is 2. The van der Waals surface area contributed by atoms with E-state index in [1.165, 1.54) is 0 Å². The predicted molar refractivity (Wildman–Crippen MR) is 96.8 cm³/mol. The molecule has 0 unspecified atom stereocenters. The van der Waals surface area contributed by atoms with Gasteiger partial charge in [0.15, 0.2) is 0 Å². The Bertz CT molecular complexity index is 895. The zero-order chi connectivity index (χ0) is 18.0. The van der Waals surface area contributed by atoms with Gasteiger partial charge >= 0.3 is 6.09 Å². The van der Waals surface area contributed by atoms with Crippen LogP contribution < -0.4 is 5.32 Å². The van der Waals surface area contributed by atoms with Crippen molar-refractivity contribution < 1.29 is 14.6 Å². The number of nitrogens with zero attached hydrogens (tertiary/aromatic N) is 2. The Kier molecular flexibility index (Phi) is 4.46. The van der Waals surface area contributed by atoms with Gasteiger partial charge in [-0.25, -0.2) is 9.48 Å². The molecule has 2 aromatic carbocycles. The number of fused-ring (bicyclic) bond motifs is 1. The molecule has 0 aliphatic heterocycles. The topological polar surface area (TPSA) is 76.4 Å². The second-order valence-electron chi connectivity index (χ2n) is 6.73. The average Bonchev–Trinajstić information content (AvgIpc) is 2.91. The smallest absolute Gasteiger partial charge is 0.413 e. The van der Waals surface area contributed by atoms with Crippen LogP contribution in [0.25, 0.3) is 16.6 Å². The Morgan fingerprint density at radius 3 is 2.56 bits per heavy atom. The third-order valence-electron chi connectivity index (χ3n) is 3.54. The Labute approximate surface area is 146 Å². The number of ether oxygens (including phenoxy) is 1. The van der Waals surface area contributed by atoms with E-state index in [1.807, 2.05) is 69.3 Å². The summed E-state index contributed by atoms with van der Waals surface area (Å²) in [5, 5.41) is 17.5.